The Balaban J connectivity index is 1.86. The molecule has 0 bridgehead atoms. The van der Waals surface area contributed by atoms with Crippen molar-refractivity contribution < 1.29 is 14.0 Å². The Labute approximate surface area is 155 Å². The zero-order valence-electron chi connectivity index (χ0n) is 14.6. The number of nitrogens with one attached hydrogen (secondary N) is 3. The number of aromatic nitrogens is 3. The summed E-state index contributed by atoms with van der Waals surface area (Å²) in [5.41, 5.74) is 2.43. The second-order valence-corrected chi connectivity index (χ2v) is 5.82. The number of H-pyrrole nitrogens is 1. The molecule has 0 saturated heterocycles. The minimum atomic E-state index is -0.368. The number of aromatic amines is 1. The van der Waals surface area contributed by atoms with Crippen LogP contribution in [0.25, 0.3) is 22.6 Å². The number of benzene rings is 1. The first-order valence-corrected chi connectivity index (χ1v) is 8.30. The molecule has 3 N–H and O–H groups in total. The van der Waals surface area contributed by atoms with E-state index < -0.39 is 0 Å². The Kier molecular flexibility index (Phi) is 5.55. The molecule has 8 heteroatoms. The number of nitrogens with zero attached hydrogens (tertiary/aromatic N) is 2. The fraction of sp³-hybridized carbons (Fsp3) is 0.158. The van der Waals surface area contributed by atoms with Crippen LogP contribution < -0.4 is 10.6 Å². The maximum absolute atomic E-state index is 13.7. The lowest BCUT2D eigenvalue weighted by atomic mass is 10.1. The molecule has 0 fully saturated rings. The van der Waals surface area contributed by atoms with Crippen molar-refractivity contribution in [1.82, 2.24) is 25.6 Å². The molecule has 27 heavy (non-hydrogen) atoms. The first-order chi connectivity index (χ1) is 13.0. The predicted molar refractivity (Wildman–Crippen MR) is 97.7 cm³/mol. The first-order valence-electron chi connectivity index (χ1n) is 8.30. The van der Waals surface area contributed by atoms with Crippen LogP contribution in [0, 0.1) is 5.82 Å². The zero-order chi connectivity index (χ0) is 19.2. The van der Waals surface area contributed by atoms with Crippen molar-refractivity contribution in [3.05, 3.63) is 60.3 Å². The van der Waals surface area contributed by atoms with Crippen molar-refractivity contribution >= 4 is 11.8 Å². The third-order valence-electron chi connectivity index (χ3n) is 3.72. The van der Waals surface area contributed by atoms with Crippen LogP contribution in [0.15, 0.2) is 48.7 Å². The van der Waals surface area contributed by atoms with E-state index in [1.165, 1.54) is 19.1 Å². The van der Waals surface area contributed by atoms with Crippen LogP contribution in [0.1, 0.15) is 12.7 Å². The number of imidazole rings is 1. The fourth-order valence-electron chi connectivity index (χ4n) is 2.50. The number of halogens is 1. The van der Waals surface area contributed by atoms with Gasteiger partial charge in [0.2, 0.25) is 11.8 Å². The van der Waals surface area contributed by atoms with Gasteiger partial charge in [0.15, 0.2) is 0 Å². The lowest BCUT2D eigenvalue weighted by Gasteiger charge is -2.03. The van der Waals surface area contributed by atoms with Crippen molar-refractivity contribution in [2.75, 3.05) is 6.54 Å². The molecule has 0 aliphatic heterocycles. The molecule has 2 heterocycles. The van der Waals surface area contributed by atoms with Crippen LogP contribution in [0.3, 0.4) is 0 Å². The highest BCUT2D eigenvalue weighted by atomic mass is 19.1. The molecule has 0 unspecified atom stereocenters. The van der Waals surface area contributed by atoms with Crippen molar-refractivity contribution in [1.29, 1.82) is 0 Å². The van der Waals surface area contributed by atoms with Crippen molar-refractivity contribution in [2.24, 2.45) is 0 Å². The van der Waals surface area contributed by atoms with E-state index in [-0.39, 0.29) is 30.7 Å². The summed E-state index contributed by atoms with van der Waals surface area (Å²) < 4.78 is 13.7. The van der Waals surface area contributed by atoms with Crippen molar-refractivity contribution in [3.8, 4) is 22.6 Å². The normalized spacial score (nSPS) is 10.4. The van der Waals surface area contributed by atoms with Crippen molar-refractivity contribution in [3.63, 3.8) is 0 Å². The summed E-state index contributed by atoms with van der Waals surface area (Å²) in [7, 11) is 0. The molecule has 3 aromatic rings. The molecule has 0 atom stereocenters. The average Bonchev–Trinajstić information content (AvgIpc) is 3.10. The Bertz CT molecular complexity index is 956. The van der Waals surface area contributed by atoms with Gasteiger partial charge in [0.25, 0.3) is 0 Å². The van der Waals surface area contributed by atoms with Crippen molar-refractivity contribution in [2.45, 2.75) is 13.5 Å². The molecule has 0 radical (unpaired) electrons. The number of hydrogen-bond acceptors (Lipinski definition) is 4. The van der Waals surface area contributed by atoms with Gasteiger partial charge in [-0.1, -0.05) is 18.2 Å². The minimum Gasteiger partial charge on any atom is -0.347 e. The van der Waals surface area contributed by atoms with Crippen LogP contribution in [0.2, 0.25) is 0 Å². The maximum atomic E-state index is 13.7. The van der Waals surface area contributed by atoms with Gasteiger partial charge in [-0.15, -0.1) is 0 Å². The molecule has 2 amide bonds. The molecule has 1 aromatic carbocycles. The number of hydrogen-bond donors (Lipinski definition) is 3. The Morgan fingerprint density at radius 2 is 2.00 bits per heavy atom. The van der Waals surface area contributed by atoms with Crippen LogP contribution in [0.4, 0.5) is 4.39 Å². The maximum Gasteiger partial charge on any atom is 0.239 e. The van der Waals surface area contributed by atoms with Gasteiger partial charge >= 0.3 is 0 Å². The molecule has 0 aliphatic carbocycles. The number of carbonyl (C=O) groups excluding carboxylic acids is 2. The summed E-state index contributed by atoms with van der Waals surface area (Å²) >= 11 is 0. The standard InChI is InChI=1S/C19H18FN5O2/c1-12(26)22-11-17(27)23-10-16-24-18(13-5-4-6-14(20)9-13)19(25-16)15-7-2-3-8-21-15/h2-9H,10-11H2,1H3,(H,22,26)(H,23,27)(H,24,25). The SMILES string of the molecule is CC(=O)NCC(=O)NCc1nc(-c2cccc(F)c2)c(-c2ccccn2)[nH]1. The quantitative estimate of drug-likeness (QED) is 0.621. The molecular weight excluding hydrogens is 349 g/mol. The lowest BCUT2D eigenvalue weighted by molar-refractivity contribution is -0.125. The molecular formula is C19H18FN5O2. The van der Waals surface area contributed by atoms with E-state index in [9.17, 15) is 14.0 Å². The molecule has 0 saturated carbocycles. The number of amides is 2. The van der Waals surface area contributed by atoms with E-state index in [4.69, 9.17) is 0 Å². The molecule has 2 aromatic heterocycles. The van der Waals surface area contributed by atoms with Crippen LogP contribution >= 0.6 is 0 Å². The van der Waals surface area contributed by atoms with Gasteiger partial charge in [0, 0.05) is 18.7 Å². The van der Waals surface area contributed by atoms with Crippen LogP contribution in [-0.2, 0) is 16.1 Å². The van der Waals surface area contributed by atoms with E-state index in [0.29, 0.717) is 28.5 Å². The van der Waals surface area contributed by atoms with E-state index in [2.05, 4.69) is 25.6 Å². The van der Waals surface area contributed by atoms with Crippen LogP contribution in [-0.4, -0.2) is 33.3 Å². The third kappa shape index (κ3) is 4.75. The summed E-state index contributed by atoms with van der Waals surface area (Å²) in [4.78, 5) is 34.6. The molecule has 0 spiro atoms. The first kappa shape index (κ1) is 18.2. The second kappa shape index (κ2) is 8.22. The van der Waals surface area contributed by atoms with Gasteiger partial charge in [-0.25, -0.2) is 9.37 Å². The molecule has 3 rings (SSSR count). The summed E-state index contributed by atoms with van der Waals surface area (Å²) in [6.45, 7) is 1.36. The van der Waals surface area contributed by atoms with Crippen LogP contribution in [0.5, 0.6) is 0 Å². The Morgan fingerprint density at radius 3 is 2.70 bits per heavy atom. The van der Waals surface area contributed by atoms with E-state index in [1.54, 1.807) is 24.4 Å². The molecule has 0 aliphatic rings. The number of pyridine rings is 1. The largest absolute Gasteiger partial charge is 0.347 e. The minimum absolute atomic E-state index is 0.111. The summed E-state index contributed by atoms with van der Waals surface area (Å²) in [6, 6.07) is 11.6. The number of carbonyl (C=O) groups is 2. The smallest absolute Gasteiger partial charge is 0.239 e. The lowest BCUT2D eigenvalue weighted by Crippen LogP contribution is -2.35. The van der Waals surface area contributed by atoms with E-state index in [1.807, 2.05) is 12.1 Å². The zero-order valence-corrected chi connectivity index (χ0v) is 14.6. The van der Waals surface area contributed by atoms with Gasteiger partial charge < -0.3 is 15.6 Å². The molecule has 7 nitrogen and oxygen atoms in total. The highest BCUT2D eigenvalue weighted by Gasteiger charge is 2.16. The van der Waals surface area contributed by atoms with Gasteiger partial charge in [-0.05, 0) is 24.3 Å². The third-order valence-corrected chi connectivity index (χ3v) is 3.72. The summed E-state index contributed by atoms with van der Waals surface area (Å²) in [5.74, 6) is -0.499. The predicted octanol–water partition coefficient (Wildman–Crippen LogP) is 2.03. The highest BCUT2D eigenvalue weighted by Crippen LogP contribution is 2.29. The van der Waals surface area contributed by atoms with Gasteiger partial charge in [0.1, 0.15) is 11.6 Å². The van der Waals surface area contributed by atoms with Gasteiger partial charge in [-0.3, -0.25) is 14.6 Å². The number of rotatable bonds is 6. The summed E-state index contributed by atoms with van der Waals surface area (Å²) in [5, 5.41) is 5.09. The van der Waals surface area contributed by atoms with E-state index in [0.717, 1.165) is 0 Å². The Morgan fingerprint density at radius 1 is 1.15 bits per heavy atom. The van der Waals surface area contributed by atoms with Gasteiger partial charge in [-0.2, -0.15) is 0 Å². The second-order valence-electron chi connectivity index (χ2n) is 5.82. The fourth-order valence-corrected chi connectivity index (χ4v) is 2.50. The Hall–Kier alpha value is -3.55. The highest BCUT2D eigenvalue weighted by molar-refractivity contribution is 5.83. The monoisotopic (exact) mass is 367 g/mol. The summed E-state index contributed by atoms with van der Waals surface area (Å²) in [6.07, 6.45) is 1.65. The van der Waals surface area contributed by atoms with Gasteiger partial charge in [0.05, 0.1) is 30.2 Å². The topological polar surface area (TPSA) is 99.8 Å². The molecule has 138 valence electrons. The average molecular weight is 367 g/mol. The van der Waals surface area contributed by atoms with E-state index >= 15 is 0 Å².